The molecule has 1 amide bonds. The van der Waals surface area contributed by atoms with Gasteiger partial charge in [-0.05, 0) is 32.0 Å². The Kier molecular flexibility index (Phi) is 5.05. The summed E-state index contributed by atoms with van der Waals surface area (Å²) in [5.41, 5.74) is 1.70. The highest BCUT2D eigenvalue weighted by Gasteiger charge is 2.17. The van der Waals surface area contributed by atoms with Crippen LogP contribution in [0, 0.1) is 5.82 Å². The Balaban J connectivity index is 1.70. The summed E-state index contributed by atoms with van der Waals surface area (Å²) in [5.74, 6) is 0.119. The van der Waals surface area contributed by atoms with Crippen LogP contribution in [-0.2, 0) is 0 Å². The van der Waals surface area contributed by atoms with Gasteiger partial charge >= 0.3 is 0 Å². The fourth-order valence-corrected chi connectivity index (χ4v) is 2.98. The number of carbonyl (C=O) groups is 1. The second kappa shape index (κ2) is 7.82. The highest BCUT2D eigenvalue weighted by molar-refractivity contribution is 6.04. The zero-order valence-electron chi connectivity index (χ0n) is 16.7. The van der Waals surface area contributed by atoms with Crippen LogP contribution in [0.15, 0.2) is 48.9 Å². The van der Waals surface area contributed by atoms with Crippen molar-refractivity contribution < 1.29 is 9.18 Å². The van der Waals surface area contributed by atoms with E-state index in [4.69, 9.17) is 0 Å². The van der Waals surface area contributed by atoms with Crippen LogP contribution in [-0.4, -0.2) is 37.3 Å². The normalized spacial score (nSPS) is 11.1. The number of fused-ring (bicyclic) bond motifs is 1. The molecule has 30 heavy (non-hydrogen) atoms. The van der Waals surface area contributed by atoms with Crippen molar-refractivity contribution in [3.8, 4) is 0 Å². The van der Waals surface area contributed by atoms with Crippen LogP contribution < -0.4 is 16.0 Å². The van der Waals surface area contributed by atoms with Crippen LogP contribution >= 0.6 is 0 Å². The first-order valence-electron chi connectivity index (χ1n) is 9.40. The smallest absolute Gasteiger partial charge is 0.274 e. The van der Waals surface area contributed by atoms with E-state index in [1.807, 2.05) is 36.9 Å². The molecule has 154 valence electrons. The first-order chi connectivity index (χ1) is 14.5. The Morgan fingerprint density at radius 3 is 2.63 bits per heavy atom. The van der Waals surface area contributed by atoms with E-state index < -0.39 is 11.7 Å². The number of rotatable bonds is 6. The average Bonchev–Trinajstić information content (AvgIpc) is 3.37. The van der Waals surface area contributed by atoms with Gasteiger partial charge in [0.05, 0.1) is 23.1 Å². The first-order valence-corrected chi connectivity index (χ1v) is 9.40. The number of carbonyl (C=O) groups excluding carboxylic acids is 1. The van der Waals surface area contributed by atoms with Crippen LogP contribution in [0.25, 0.3) is 5.52 Å². The summed E-state index contributed by atoms with van der Waals surface area (Å²) in [7, 11) is 1.74. The molecule has 0 atom stereocenters. The van der Waals surface area contributed by atoms with Crippen LogP contribution in [0.1, 0.15) is 30.4 Å². The van der Waals surface area contributed by atoms with Gasteiger partial charge in [-0.2, -0.15) is 5.10 Å². The van der Waals surface area contributed by atoms with Gasteiger partial charge in [-0.3, -0.25) is 14.5 Å². The van der Waals surface area contributed by atoms with E-state index in [1.165, 1.54) is 16.8 Å². The molecule has 10 heteroatoms. The molecule has 4 heterocycles. The van der Waals surface area contributed by atoms with Crippen LogP contribution in [0.5, 0.6) is 0 Å². The zero-order chi connectivity index (χ0) is 21.3. The van der Waals surface area contributed by atoms with Crippen molar-refractivity contribution in [1.29, 1.82) is 0 Å². The SMILES string of the molecule is CNc1cc(Nc2ccn(C(C)C)n2)c2ccc(C(=O)Nc3ccncc3F)n2n1. The van der Waals surface area contributed by atoms with Crippen molar-refractivity contribution in [2.45, 2.75) is 19.9 Å². The van der Waals surface area contributed by atoms with Gasteiger partial charge in [0.25, 0.3) is 5.91 Å². The second-order valence-corrected chi connectivity index (χ2v) is 6.92. The predicted octanol–water partition coefficient (Wildman–Crippen LogP) is 3.68. The van der Waals surface area contributed by atoms with Crippen molar-refractivity contribution in [2.75, 3.05) is 23.0 Å². The first kappa shape index (κ1) is 19.4. The number of halogens is 1. The molecule has 4 aromatic heterocycles. The standard InChI is InChI=1S/C20H21FN8O/c1-12(2)28-9-7-18(26-28)24-15-10-19(22-3)27-29-16(15)4-5-17(29)20(30)25-14-6-8-23-11-13(14)21/h4-12H,1-3H3,(H,22,27)(H,24,26)(H,23,25,30). The van der Waals surface area contributed by atoms with Gasteiger partial charge < -0.3 is 16.0 Å². The molecular weight excluding hydrogens is 387 g/mol. The van der Waals surface area contributed by atoms with Gasteiger partial charge in [0.2, 0.25) is 0 Å². The zero-order valence-corrected chi connectivity index (χ0v) is 16.7. The van der Waals surface area contributed by atoms with E-state index in [0.717, 1.165) is 11.9 Å². The molecule has 3 N–H and O–H groups in total. The lowest BCUT2D eigenvalue weighted by Crippen LogP contribution is -2.17. The van der Waals surface area contributed by atoms with Crippen molar-refractivity contribution >= 4 is 34.4 Å². The summed E-state index contributed by atoms with van der Waals surface area (Å²) >= 11 is 0. The predicted molar refractivity (Wildman–Crippen MR) is 113 cm³/mol. The molecule has 0 radical (unpaired) electrons. The molecule has 0 aliphatic rings. The average molecular weight is 408 g/mol. The molecule has 0 bridgehead atoms. The molecule has 4 aromatic rings. The molecule has 4 rings (SSSR count). The van der Waals surface area contributed by atoms with E-state index in [1.54, 1.807) is 19.2 Å². The van der Waals surface area contributed by atoms with Crippen molar-refractivity contribution in [1.82, 2.24) is 24.4 Å². The minimum absolute atomic E-state index is 0.0484. The van der Waals surface area contributed by atoms with Gasteiger partial charge in [-0.25, -0.2) is 8.91 Å². The Bertz CT molecular complexity index is 1210. The molecule has 0 aliphatic carbocycles. The Hall–Kier alpha value is -3.95. The minimum atomic E-state index is -0.612. The Morgan fingerprint density at radius 2 is 1.93 bits per heavy atom. The summed E-state index contributed by atoms with van der Waals surface area (Å²) < 4.78 is 17.2. The monoisotopic (exact) mass is 408 g/mol. The quantitative estimate of drug-likeness (QED) is 0.450. The van der Waals surface area contributed by atoms with Gasteiger partial charge in [-0.1, -0.05) is 0 Å². The number of nitrogens with zero attached hydrogens (tertiary/aromatic N) is 5. The van der Waals surface area contributed by atoms with E-state index in [-0.39, 0.29) is 17.4 Å². The molecular formula is C20H21FN8O. The molecule has 0 saturated heterocycles. The lowest BCUT2D eigenvalue weighted by atomic mass is 10.3. The van der Waals surface area contributed by atoms with Crippen LogP contribution in [0.4, 0.5) is 27.4 Å². The minimum Gasteiger partial charge on any atom is -0.372 e. The maximum Gasteiger partial charge on any atom is 0.274 e. The number of hydrogen-bond acceptors (Lipinski definition) is 6. The summed E-state index contributed by atoms with van der Waals surface area (Å²) in [6, 6.07) is 8.74. The number of aromatic nitrogens is 5. The van der Waals surface area contributed by atoms with E-state index >= 15 is 0 Å². The molecule has 0 saturated carbocycles. The van der Waals surface area contributed by atoms with E-state index in [2.05, 4.69) is 31.1 Å². The largest absolute Gasteiger partial charge is 0.372 e. The fourth-order valence-electron chi connectivity index (χ4n) is 2.98. The maximum atomic E-state index is 13.9. The second-order valence-electron chi connectivity index (χ2n) is 6.92. The molecule has 0 unspecified atom stereocenters. The molecule has 0 spiro atoms. The molecule has 0 fully saturated rings. The van der Waals surface area contributed by atoms with Crippen LogP contribution in [0.2, 0.25) is 0 Å². The molecule has 0 aliphatic heterocycles. The number of anilines is 4. The maximum absolute atomic E-state index is 13.9. The lowest BCUT2D eigenvalue weighted by Gasteiger charge is -2.11. The van der Waals surface area contributed by atoms with E-state index in [9.17, 15) is 9.18 Å². The Morgan fingerprint density at radius 1 is 1.10 bits per heavy atom. The molecule has 9 nitrogen and oxygen atoms in total. The highest BCUT2D eigenvalue weighted by atomic mass is 19.1. The number of hydrogen-bond donors (Lipinski definition) is 3. The van der Waals surface area contributed by atoms with Crippen molar-refractivity contribution in [2.24, 2.45) is 0 Å². The van der Waals surface area contributed by atoms with Gasteiger partial charge in [0, 0.05) is 37.6 Å². The highest BCUT2D eigenvalue weighted by Crippen LogP contribution is 2.26. The van der Waals surface area contributed by atoms with Crippen LogP contribution in [0.3, 0.4) is 0 Å². The third-order valence-corrected chi connectivity index (χ3v) is 4.53. The summed E-state index contributed by atoms with van der Waals surface area (Å²) in [5, 5.41) is 17.8. The topological polar surface area (TPSA) is 101 Å². The third kappa shape index (κ3) is 3.66. The number of pyridine rings is 1. The Labute approximate surface area is 171 Å². The third-order valence-electron chi connectivity index (χ3n) is 4.53. The summed E-state index contributed by atoms with van der Waals surface area (Å²) in [6.07, 6.45) is 4.34. The lowest BCUT2D eigenvalue weighted by molar-refractivity contribution is 0.102. The van der Waals surface area contributed by atoms with E-state index in [0.29, 0.717) is 17.2 Å². The number of amides is 1. The summed E-state index contributed by atoms with van der Waals surface area (Å²) in [6.45, 7) is 4.09. The van der Waals surface area contributed by atoms with Gasteiger partial charge in [0.15, 0.2) is 11.6 Å². The van der Waals surface area contributed by atoms with Crippen molar-refractivity contribution in [3.63, 3.8) is 0 Å². The number of nitrogens with one attached hydrogen (secondary N) is 3. The van der Waals surface area contributed by atoms with Crippen molar-refractivity contribution in [3.05, 3.63) is 60.4 Å². The van der Waals surface area contributed by atoms with Gasteiger partial charge in [0.1, 0.15) is 11.5 Å². The molecule has 0 aromatic carbocycles. The fraction of sp³-hybridized carbons (Fsp3) is 0.200. The summed E-state index contributed by atoms with van der Waals surface area (Å²) in [4.78, 5) is 16.5. The van der Waals surface area contributed by atoms with Gasteiger partial charge in [-0.15, -0.1) is 5.10 Å².